The van der Waals surface area contributed by atoms with Crippen LogP contribution in [0.25, 0.3) is 0 Å². The van der Waals surface area contributed by atoms with Gasteiger partial charge in [-0.25, -0.2) is 4.98 Å². The molecule has 0 radical (unpaired) electrons. The largest absolute Gasteiger partial charge is 0.344 e. The van der Waals surface area contributed by atoms with Crippen LogP contribution in [0, 0.1) is 0 Å². The van der Waals surface area contributed by atoms with Crippen molar-refractivity contribution in [2.75, 3.05) is 31.1 Å². The van der Waals surface area contributed by atoms with E-state index < -0.39 is 0 Å². The topological polar surface area (TPSA) is 60.9 Å². The lowest BCUT2D eigenvalue weighted by atomic mass is 10.3. The molecule has 0 aliphatic carbocycles. The van der Waals surface area contributed by atoms with Gasteiger partial charge in [0.2, 0.25) is 5.13 Å². The second-order valence-corrected chi connectivity index (χ2v) is 5.42. The van der Waals surface area contributed by atoms with Gasteiger partial charge in [-0.15, -0.1) is 0 Å². The highest BCUT2D eigenvalue weighted by molar-refractivity contribution is 7.09. The predicted molar refractivity (Wildman–Crippen MR) is 75.4 cm³/mol. The monoisotopic (exact) mass is 278 g/mol. The average Bonchev–Trinajstić information content (AvgIpc) is 3.10. The molecule has 2 aromatic rings. The standard InChI is InChI=1S/C12H18N6S/c1-2-11-14-12(19-16-11)18-7-5-17(6-8-18)9-10-3-4-13-15-10/h3-4H,2,5-9H2,1H3,(H,13,15). The van der Waals surface area contributed by atoms with Gasteiger partial charge in [0.05, 0.1) is 0 Å². The third-order valence-corrected chi connectivity index (χ3v) is 4.18. The molecule has 1 fully saturated rings. The van der Waals surface area contributed by atoms with Crippen LogP contribution in [0.3, 0.4) is 0 Å². The van der Waals surface area contributed by atoms with Gasteiger partial charge in [0.15, 0.2) is 0 Å². The Kier molecular flexibility index (Phi) is 3.74. The number of aryl methyl sites for hydroxylation is 1. The maximum Gasteiger partial charge on any atom is 0.205 e. The van der Waals surface area contributed by atoms with E-state index in [1.165, 1.54) is 17.2 Å². The van der Waals surface area contributed by atoms with Crippen molar-refractivity contribution in [1.29, 1.82) is 0 Å². The van der Waals surface area contributed by atoms with E-state index in [0.717, 1.165) is 50.1 Å². The quantitative estimate of drug-likeness (QED) is 0.909. The molecule has 3 heterocycles. The molecular weight excluding hydrogens is 260 g/mol. The summed E-state index contributed by atoms with van der Waals surface area (Å²) in [5.41, 5.74) is 1.18. The Balaban J connectivity index is 1.54. The van der Waals surface area contributed by atoms with Gasteiger partial charge in [-0.05, 0) is 6.07 Å². The van der Waals surface area contributed by atoms with E-state index in [9.17, 15) is 0 Å². The lowest BCUT2D eigenvalue weighted by Gasteiger charge is -2.33. The molecule has 0 unspecified atom stereocenters. The maximum absolute atomic E-state index is 4.55. The highest BCUT2D eigenvalue weighted by atomic mass is 32.1. The zero-order valence-corrected chi connectivity index (χ0v) is 11.9. The molecule has 19 heavy (non-hydrogen) atoms. The molecule has 1 aliphatic rings. The third kappa shape index (κ3) is 2.93. The summed E-state index contributed by atoms with van der Waals surface area (Å²) in [4.78, 5) is 9.32. The molecule has 0 atom stereocenters. The summed E-state index contributed by atoms with van der Waals surface area (Å²) < 4.78 is 4.35. The molecule has 0 amide bonds. The molecule has 1 N–H and O–H groups in total. The van der Waals surface area contributed by atoms with Gasteiger partial charge in [0.1, 0.15) is 5.82 Å². The van der Waals surface area contributed by atoms with Crippen molar-refractivity contribution in [2.45, 2.75) is 19.9 Å². The predicted octanol–water partition coefficient (Wildman–Crippen LogP) is 1.15. The Morgan fingerprint density at radius 1 is 1.32 bits per heavy atom. The molecule has 1 saturated heterocycles. The number of piperazine rings is 1. The summed E-state index contributed by atoms with van der Waals surface area (Å²) in [6.45, 7) is 7.19. The van der Waals surface area contributed by atoms with Crippen molar-refractivity contribution >= 4 is 16.7 Å². The normalized spacial score (nSPS) is 17.0. The molecule has 0 bridgehead atoms. The first-order chi connectivity index (χ1) is 9.35. The van der Waals surface area contributed by atoms with E-state index in [2.05, 4.69) is 36.3 Å². The Morgan fingerprint density at radius 3 is 2.79 bits per heavy atom. The highest BCUT2D eigenvalue weighted by Crippen LogP contribution is 2.19. The summed E-state index contributed by atoms with van der Waals surface area (Å²) in [5.74, 6) is 0.958. The Labute approximate surface area is 116 Å². The number of hydrogen-bond donors (Lipinski definition) is 1. The molecule has 0 spiro atoms. The highest BCUT2D eigenvalue weighted by Gasteiger charge is 2.20. The summed E-state index contributed by atoms with van der Waals surface area (Å²) in [6, 6.07) is 2.03. The smallest absolute Gasteiger partial charge is 0.205 e. The minimum atomic E-state index is 0.913. The van der Waals surface area contributed by atoms with Crippen molar-refractivity contribution in [3.8, 4) is 0 Å². The Hall–Kier alpha value is -1.47. The van der Waals surface area contributed by atoms with Crippen molar-refractivity contribution in [2.24, 2.45) is 0 Å². The second-order valence-electron chi connectivity index (χ2n) is 4.69. The molecule has 1 aliphatic heterocycles. The van der Waals surface area contributed by atoms with Crippen LogP contribution in [0.4, 0.5) is 5.13 Å². The van der Waals surface area contributed by atoms with Gasteiger partial charge in [-0.1, -0.05) is 6.92 Å². The van der Waals surface area contributed by atoms with Crippen molar-refractivity contribution in [1.82, 2.24) is 24.5 Å². The lowest BCUT2D eigenvalue weighted by molar-refractivity contribution is 0.247. The van der Waals surface area contributed by atoms with Gasteiger partial charge in [-0.2, -0.15) is 9.47 Å². The van der Waals surface area contributed by atoms with E-state index in [0.29, 0.717) is 0 Å². The zero-order valence-electron chi connectivity index (χ0n) is 11.0. The molecule has 7 heteroatoms. The first kappa shape index (κ1) is 12.6. The fourth-order valence-electron chi connectivity index (χ4n) is 2.23. The van der Waals surface area contributed by atoms with E-state index in [4.69, 9.17) is 0 Å². The molecular formula is C12H18N6S. The third-order valence-electron chi connectivity index (χ3n) is 3.37. The van der Waals surface area contributed by atoms with Crippen LogP contribution < -0.4 is 4.90 Å². The summed E-state index contributed by atoms with van der Waals surface area (Å²) in [7, 11) is 0. The van der Waals surface area contributed by atoms with Crippen LogP contribution >= 0.6 is 11.5 Å². The van der Waals surface area contributed by atoms with Gasteiger partial charge < -0.3 is 4.90 Å². The van der Waals surface area contributed by atoms with Gasteiger partial charge >= 0.3 is 0 Å². The molecule has 102 valence electrons. The minimum absolute atomic E-state index is 0.913. The number of nitrogens with zero attached hydrogens (tertiary/aromatic N) is 5. The van der Waals surface area contributed by atoms with Crippen molar-refractivity contribution in [3.63, 3.8) is 0 Å². The fraction of sp³-hybridized carbons (Fsp3) is 0.583. The molecule has 2 aromatic heterocycles. The van der Waals surface area contributed by atoms with E-state index >= 15 is 0 Å². The summed E-state index contributed by atoms with van der Waals surface area (Å²) in [5, 5.41) is 8.06. The number of hydrogen-bond acceptors (Lipinski definition) is 6. The van der Waals surface area contributed by atoms with Crippen LogP contribution in [0.15, 0.2) is 12.3 Å². The number of H-pyrrole nitrogens is 1. The van der Waals surface area contributed by atoms with Crippen molar-refractivity contribution in [3.05, 3.63) is 23.8 Å². The van der Waals surface area contributed by atoms with Crippen LogP contribution in [-0.2, 0) is 13.0 Å². The number of anilines is 1. The van der Waals surface area contributed by atoms with E-state index in [-0.39, 0.29) is 0 Å². The van der Waals surface area contributed by atoms with E-state index in [1.54, 1.807) is 6.20 Å². The minimum Gasteiger partial charge on any atom is -0.344 e. The van der Waals surface area contributed by atoms with E-state index in [1.807, 2.05) is 6.07 Å². The van der Waals surface area contributed by atoms with Crippen LogP contribution in [0.2, 0.25) is 0 Å². The molecule has 0 aromatic carbocycles. The number of rotatable bonds is 4. The Bertz CT molecular complexity index is 500. The Morgan fingerprint density at radius 2 is 2.16 bits per heavy atom. The van der Waals surface area contributed by atoms with Crippen LogP contribution in [0.1, 0.15) is 18.4 Å². The molecule has 3 rings (SSSR count). The van der Waals surface area contributed by atoms with Gasteiger partial charge in [0.25, 0.3) is 0 Å². The first-order valence-corrected chi connectivity index (χ1v) is 7.40. The maximum atomic E-state index is 4.55. The zero-order chi connectivity index (χ0) is 13.1. The molecule has 0 saturated carbocycles. The number of nitrogens with one attached hydrogen (secondary N) is 1. The first-order valence-electron chi connectivity index (χ1n) is 6.63. The van der Waals surface area contributed by atoms with Gasteiger partial charge in [-0.3, -0.25) is 10.00 Å². The SMILES string of the molecule is CCc1nsc(N2CCN(Cc3ccn[nH]3)CC2)n1. The average molecular weight is 278 g/mol. The van der Waals surface area contributed by atoms with Crippen LogP contribution in [-0.4, -0.2) is 50.6 Å². The fourth-order valence-corrected chi connectivity index (χ4v) is 3.03. The lowest BCUT2D eigenvalue weighted by Crippen LogP contribution is -2.46. The van der Waals surface area contributed by atoms with Crippen LogP contribution in [0.5, 0.6) is 0 Å². The van der Waals surface area contributed by atoms with Crippen molar-refractivity contribution < 1.29 is 0 Å². The second kappa shape index (κ2) is 5.66. The number of aromatic nitrogens is 4. The van der Waals surface area contributed by atoms with Gasteiger partial charge in [0, 0.05) is 62.6 Å². The molecule has 6 nitrogen and oxygen atoms in total. The summed E-state index contributed by atoms with van der Waals surface area (Å²) >= 11 is 1.52. The number of aromatic amines is 1. The summed E-state index contributed by atoms with van der Waals surface area (Å²) in [6.07, 6.45) is 2.72.